The Bertz CT molecular complexity index is 759. The number of amides is 2. The minimum atomic E-state index is -0.351. The van der Waals surface area contributed by atoms with Crippen LogP contribution in [-0.2, 0) is 4.74 Å². The van der Waals surface area contributed by atoms with E-state index in [-0.39, 0.29) is 17.9 Å². The minimum absolute atomic E-state index is 0.0630. The summed E-state index contributed by atoms with van der Waals surface area (Å²) in [7, 11) is 0. The standard InChI is InChI=1S/C18H21N3O4/c1-11-16(12(2)25-21-11)18(23)20-15-8-4-3-7-14(15)17(22)19-10-13-6-5-9-24-13/h3-4,7-8,13H,5-6,9-10H2,1-2H3,(H,19,22)(H,20,23). The van der Waals surface area contributed by atoms with Gasteiger partial charge in [0.05, 0.1) is 23.0 Å². The lowest BCUT2D eigenvalue weighted by Gasteiger charge is -2.13. The van der Waals surface area contributed by atoms with E-state index in [1.165, 1.54) is 0 Å². The van der Waals surface area contributed by atoms with Gasteiger partial charge in [0.15, 0.2) is 0 Å². The zero-order chi connectivity index (χ0) is 17.8. The Labute approximate surface area is 145 Å². The highest BCUT2D eigenvalue weighted by Gasteiger charge is 2.21. The molecule has 7 heteroatoms. The van der Waals surface area contributed by atoms with E-state index in [9.17, 15) is 9.59 Å². The molecule has 0 spiro atoms. The first-order chi connectivity index (χ1) is 12.1. The van der Waals surface area contributed by atoms with Crippen LogP contribution in [0.2, 0.25) is 0 Å². The molecule has 2 amide bonds. The number of benzene rings is 1. The van der Waals surface area contributed by atoms with E-state index in [4.69, 9.17) is 9.26 Å². The SMILES string of the molecule is Cc1noc(C)c1C(=O)Nc1ccccc1C(=O)NCC1CCCO1. The first kappa shape index (κ1) is 17.2. The lowest BCUT2D eigenvalue weighted by atomic mass is 10.1. The average Bonchev–Trinajstić information content (AvgIpc) is 3.23. The summed E-state index contributed by atoms with van der Waals surface area (Å²) >= 11 is 0. The molecule has 1 atom stereocenters. The third-order valence-corrected chi connectivity index (χ3v) is 4.19. The molecular weight excluding hydrogens is 322 g/mol. The van der Waals surface area contributed by atoms with Crippen molar-refractivity contribution in [2.24, 2.45) is 0 Å². The van der Waals surface area contributed by atoms with Crippen molar-refractivity contribution in [2.75, 3.05) is 18.5 Å². The van der Waals surface area contributed by atoms with E-state index in [0.29, 0.717) is 34.8 Å². The summed E-state index contributed by atoms with van der Waals surface area (Å²) in [5.41, 5.74) is 1.74. The van der Waals surface area contributed by atoms with Crippen molar-refractivity contribution in [3.05, 3.63) is 46.8 Å². The summed E-state index contributed by atoms with van der Waals surface area (Å²) in [6, 6.07) is 6.89. The normalized spacial score (nSPS) is 16.6. The Kier molecular flexibility index (Phi) is 5.14. The molecule has 2 aromatic rings. The topological polar surface area (TPSA) is 93.5 Å². The Morgan fingerprint density at radius 2 is 2.04 bits per heavy atom. The van der Waals surface area contributed by atoms with Gasteiger partial charge < -0.3 is 19.9 Å². The summed E-state index contributed by atoms with van der Waals surface area (Å²) in [4.78, 5) is 25.0. The molecule has 0 aliphatic carbocycles. The summed E-state index contributed by atoms with van der Waals surface area (Å²) in [5.74, 6) is -0.156. The number of aromatic nitrogens is 1. The van der Waals surface area contributed by atoms with Crippen LogP contribution in [0.3, 0.4) is 0 Å². The number of hydrogen-bond acceptors (Lipinski definition) is 5. The smallest absolute Gasteiger partial charge is 0.261 e. The maximum Gasteiger partial charge on any atom is 0.261 e. The maximum absolute atomic E-state index is 12.5. The van der Waals surface area contributed by atoms with Crippen LogP contribution in [0.4, 0.5) is 5.69 Å². The largest absolute Gasteiger partial charge is 0.376 e. The number of anilines is 1. The maximum atomic E-state index is 12.5. The second-order valence-corrected chi connectivity index (χ2v) is 6.04. The van der Waals surface area contributed by atoms with Gasteiger partial charge >= 0.3 is 0 Å². The number of aryl methyl sites for hydroxylation is 2. The predicted molar refractivity (Wildman–Crippen MR) is 91.7 cm³/mol. The van der Waals surface area contributed by atoms with Crippen LogP contribution in [0.5, 0.6) is 0 Å². The van der Waals surface area contributed by atoms with Crippen LogP contribution in [0.15, 0.2) is 28.8 Å². The molecule has 0 radical (unpaired) electrons. The van der Waals surface area contributed by atoms with Crippen molar-refractivity contribution in [1.29, 1.82) is 0 Å². The van der Waals surface area contributed by atoms with E-state index in [0.717, 1.165) is 19.4 Å². The first-order valence-electron chi connectivity index (χ1n) is 8.29. The van der Waals surface area contributed by atoms with Crippen molar-refractivity contribution in [3.8, 4) is 0 Å². The molecule has 1 fully saturated rings. The number of para-hydroxylation sites is 1. The van der Waals surface area contributed by atoms with Crippen LogP contribution >= 0.6 is 0 Å². The number of carbonyl (C=O) groups is 2. The Morgan fingerprint density at radius 3 is 2.72 bits per heavy atom. The third kappa shape index (κ3) is 3.88. The van der Waals surface area contributed by atoms with Gasteiger partial charge in [-0.2, -0.15) is 0 Å². The fourth-order valence-electron chi connectivity index (χ4n) is 2.89. The summed E-state index contributed by atoms with van der Waals surface area (Å²) < 4.78 is 10.5. The molecule has 0 bridgehead atoms. The summed E-state index contributed by atoms with van der Waals surface area (Å²) in [6.07, 6.45) is 2.03. The van der Waals surface area contributed by atoms with Crippen LogP contribution in [0.1, 0.15) is 45.0 Å². The second-order valence-electron chi connectivity index (χ2n) is 6.04. The molecule has 7 nitrogen and oxygen atoms in total. The van der Waals surface area contributed by atoms with Gasteiger partial charge in [0.1, 0.15) is 11.3 Å². The monoisotopic (exact) mass is 343 g/mol. The molecular formula is C18H21N3O4. The zero-order valence-corrected chi connectivity index (χ0v) is 14.3. The van der Waals surface area contributed by atoms with E-state index in [1.54, 1.807) is 38.1 Å². The van der Waals surface area contributed by atoms with Gasteiger partial charge in [-0.25, -0.2) is 0 Å². The molecule has 0 saturated carbocycles. The van der Waals surface area contributed by atoms with Crippen molar-refractivity contribution in [2.45, 2.75) is 32.8 Å². The number of ether oxygens (including phenoxy) is 1. The van der Waals surface area contributed by atoms with Gasteiger partial charge in [-0.05, 0) is 38.8 Å². The van der Waals surface area contributed by atoms with Gasteiger partial charge in [-0.15, -0.1) is 0 Å². The van der Waals surface area contributed by atoms with Crippen LogP contribution in [-0.4, -0.2) is 36.2 Å². The quantitative estimate of drug-likeness (QED) is 0.870. The number of hydrogen-bond donors (Lipinski definition) is 2. The minimum Gasteiger partial charge on any atom is -0.376 e. The number of nitrogens with one attached hydrogen (secondary N) is 2. The van der Waals surface area contributed by atoms with Gasteiger partial charge in [0, 0.05) is 13.2 Å². The number of carbonyl (C=O) groups excluding carboxylic acids is 2. The van der Waals surface area contributed by atoms with Crippen molar-refractivity contribution >= 4 is 17.5 Å². The van der Waals surface area contributed by atoms with Gasteiger partial charge in [0.2, 0.25) is 0 Å². The first-order valence-corrected chi connectivity index (χ1v) is 8.29. The van der Waals surface area contributed by atoms with Gasteiger partial charge in [-0.1, -0.05) is 17.3 Å². The van der Waals surface area contributed by atoms with E-state index in [1.807, 2.05) is 0 Å². The zero-order valence-electron chi connectivity index (χ0n) is 14.3. The molecule has 3 rings (SSSR count). The van der Waals surface area contributed by atoms with E-state index < -0.39 is 0 Å². The van der Waals surface area contributed by atoms with E-state index in [2.05, 4.69) is 15.8 Å². The fourth-order valence-corrected chi connectivity index (χ4v) is 2.89. The lowest BCUT2D eigenvalue weighted by molar-refractivity contribution is 0.0858. The summed E-state index contributed by atoms with van der Waals surface area (Å²) in [5, 5.41) is 9.42. The van der Waals surface area contributed by atoms with Crippen LogP contribution in [0, 0.1) is 13.8 Å². The molecule has 25 heavy (non-hydrogen) atoms. The molecule has 1 aliphatic heterocycles. The third-order valence-electron chi connectivity index (χ3n) is 4.19. The lowest BCUT2D eigenvalue weighted by Crippen LogP contribution is -2.32. The molecule has 1 unspecified atom stereocenters. The Morgan fingerprint density at radius 1 is 1.24 bits per heavy atom. The summed E-state index contributed by atoms with van der Waals surface area (Å²) in [6.45, 7) is 4.58. The fraction of sp³-hybridized carbons (Fsp3) is 0.389. The van der Waals surface area contributed by atoms with Gasteiger partial charge in [0.25, 0.3) is 11.8 Å². The van der Waals surface area contributed by atoms with Crippen molar-refractivity contribution < 1.29 is 18.8 Å². The van der Waals surface area contributed by atoms with Crippen molar-refractivity contribution in [3.63, 3.8) is 0 Å². The number of rotatable bonds is 5. The van der Waals surface area contributed by atoms with Crippen LogP contribution in [0.25, 0.3) is 0 Å². The molecule has 2 heterocycles. The highest BCUT2D eigenvalue weighted by atomic mass is 16.5. The second kappa shape index (κ2) is 7.48. The molecule has 1 saturated heterocycles. The molecule has 1 aromatic carbocycles. The Hall–Kier alpha value is -2.67. The number of nitrogens with zero attached hydrogens (tertiary/aromatic N) is 1. The highest BCUT2D eigenvalue weighted by Crippen LogP contribution is 2.19. The molecule has 132 valence electrons. The van der Waals surface area contributed by atoms with Gasteiger partial charge in [-0.3, -0.25) is 9.59 Å². The predicted octanol–water partition coefficient (Wildman–Crippen LogP) is 2.45. The van der Waals surface area contributed by atoms with Crippen molar-refractivity contribution in [1.82, 2.24) is 10.5 Å². The highest BCUT2D eigenvalue weighted by molar-refractivity contribution is 6.09. The van der Waals surface area contributed by atoms with Crippen LogP contribution < -0.4 is 10.6 Å². The Balaban J connectivity index is 1.72. The average molecular weight is 343 g/mol. The molecule has 1 aliphatic rings. The molecule has 1 aromatic heterocycles. The van der Waals surface area contributed by atoms with E-state index >= 15 is 0 Å². The molecule has 2 N–H and O–H groups in total.